The Morgan fingerprint density at radius 3 is 1.68 bits per heavy atom. The van der Waals surface area contributed by atoms with Crippen molar-refractivity contribution in [3.8, 4) is 11.5 Å². The van der Waals surface area contributed by atoms with Crippen LogP contribution in [0.25, 0.3) is 20.2 Å². The Morgan fingerprint density at radius 1 is 0.432 bits per heavy atom. The van der Waals surface area contributed by atoms with Gasteiger partial charge < -0.3 is 24.3 Å². The second-order valence-corrected chi connectivity index (χ2v) is 23.7. The van der Waals surface area contributed by atoms with Gasteiger partial charge in [0.05, 0.1) is 38.8 Å². The van der Waals surface area contributed by atoms with Crippen LogP contribution in [0, 0.1) is 0 Å². The number of benzene rings is 11. The summed E-state index contributed by atoms with van der Waals surface area (Å²) in [6.07, 6.45) is 5.39. The molecule has 11 aromatic carbocycles. The van der Waals surface area contributed by atoms with Gasteiger partial charge in [0.25, 0.3) is 0 Å². The monoisotopic (exact) mass is 1070 g/mol. The van der Waals surface area contributed by atoms with E-state index >= 15 is 0 Å². The predicted molar refractivity (Wildman–Crippen MR) is 341 cm³/mol. The van der Waals surface area contributed by atoms with E-state index in [1.807, 2.05) is 23.1 Å². The van der Waals surface area contributed by atoms with Crippen LogP contribution in [-0.2, 0) is 0 Å². The molecule has 8 heteroatoms. The van der Waals surface area contributed by atoms with Gasteiger partial charge in [-0.05, 0) is 137 Å². The average Bonchev–Trinajstić information content (AvgIpc) is 2.13. The molecule has 382 valence electrons. The topological polar surface area (TPSA) is 22.2 Å². The highest BCUT2D eigenvalue weighted by Crippen LogP contribution is 2.64. The quantitative estimate of drug-likeness (QED) is 0.140. The highest BCUT2D eigenvalue weighted by molar-refractivity contribution is 8.00. The molecule has 3 unspecified atom stereocenters. The smallest absolute Gasteiger partial charge is 0.228 e. The molecule has 0 fully saturated rings. The minimum absolute atomic E-state index is 0.0418. The van der Waals surface area contributed by atoms with Crippen molar-refractivity contribution >= 4 is 123 Å². The van der Waals surface area contributed by atoms with E-state index in [0.29, 0.717) is 0 Å². The Morgan fingerprint density at radius 2 is 0.988 bits per heavy atom. The van der Waals surface area contributed by atoms with Crippen LogP contribution >= 0.6 is 23.1 Å². The molecule has 1 aliphatic carbocycles. The lowest BCUT2D eigenvalue weighted by Crippen LogP contribution is -2.55. The van der Waals surface area contributed by atoms with Crippen molar-refractivity contribution < 1.29 is 4.74 Å². The van der Waals surface area contributed by atoms with Gasteiger partial charge in [-0.2, -0.15) is 0 Å². The molecule has 0 bridgehead atoms. The van der Waals surface area contributed by atoms with E-state index in [9.17, 15) is 0 Å². The Kier molecular flexibility index (Phi) is 10.6. The van der Waals surface area contributed by atoms with Crippen molar-refractivity contribution in [2.45, 2.75) is 21.9 Å². The van der Waals surface area contributed by atoms with Crippen molar-refractivity contribution in [3.63, 3.8) is 0 Å². The van der Waals surface area contributed by atoms with Gasteiger partial charge >= 0.3 is 0 Å². The van der Waals surface area contributed by atoms with Crippen LogP contribution in [0.4, 0.5) is 62.6 Å². The van der Waals surface area contributed by atoms with Gasteiger partial charge in [0, 0.05) is 77.3 Å². The summed E-state index contributed by atoms with van der Waals surface area (Å²) in [7, 11) is 0. The molecule has 5 heterocycles. The maximum absolute atomic E-state index is 7.13. The molecule has 0 saturated heterocycles. The van der Waals surface area contributed by atoms with E-state index in [1.165, 1.54) is 81.1 Å². The van der Waals surface area contributed by atoms with Crippen molar-refractivity contribution in [2.75, 3.05) is 19.6 Å². The van der Waals surface area contributed by atoms with Gasteiger partial charge in [-0.15, -0.1) is 23.1 Å². The zero-order valence-electron chi connectivity index (χ0n) is 43.9. The number of allylic oxidation sites excluding steroid dienone is 2. The molecule has 1 aromatic heterocycles. The fourth-order valence-corrected chi connectivity index (χ4v) is 16.4. The summed E-state index contributed by atoms with van der Waals surface area (Å²) in [5.74, 6) is 1.87. The van der Waals surface area contributed by atoms with Crippen LogP contribution in [0.3, 0.4) is 0 Å². The summed E-state index contributed by atoms with van der Waals surface area (Å²) >= 11 is 3.89. The molecular formula is C73H49BN4OS2. The van der Waals surface area contributed by atoms with E-state index in [0.717, 1.165) is 51.3 Å². The molecular weight excluding hydrogens is 1020 g/mol. The van der Waals surface area contributed by atoms with Gasteiger partial charge in [0.1, 0.15) is 11.5 Å². The lowest BCUT2D eigenvalue weighted by molar-refractivity contribution is 0.485. The SMILES string of the molecule is C1=C2C(=CC3Sc4cc(N(c5ccccc5)c5ccccc5)cc5c4B(c4ccccc4O5)C13)N(c1cccc3c1sc1ccccc13)c1cc(N(c3ccccc3)c3ccccc3)cc3c1C2c1ccccc1N3c1ccccc1. The second-order valence-electron chi connectivity index (χ2n) is 21.5. The summed E-state index contributed by atoms with van der Waals surface area (Å²) < 4.78 is 9.69. The third-order valence-electron chi connectivity index (χ3n) is 17.0. The summed E-state index contributed by atoms with van der Waals surface area (Å²) in [4.78, 5) is 11.3. The lowest BCUT2D eigenvalue weighted by Gasteiger charge is -2.50. The van der Waals surface area contributed by atoms with Crippen LogP contribution in [0.15, 0.2) is 295 Å². The van der Waals surface area contributed by atoms with Crippen LogP contribution in [0.1, 0.15) is 17.0 Å². The molecule has 12 aromatic rings. The first-order valence-corrected chi connectivity index (χ1v) is 29.6. The van der Waals surface area contributed by atoms with E-state index in [4.69, 9.17) is 4.74 Å². The fraction of sp³-hybridized carbons (Fsp3) is 0.0411. The van der Waals surface area contributed by atoms with Gasteiger partial charge in [0.15, 0.2) is 0 Å². The number of fused-ring (bicyclic) bond motifs is 11. The van der Waals surface area contributed by atoms with Crippen LogP contribution in [0.2, 0.25) is 5.82 Å². The summed E-state index contributed by atoms with van der Waals surface area (Å²) in [6, 6.07) is 97.7. The van der Waals surface area contributed by atoms with E-state index in [2.05, 4.69) is 299 Å². The summed E-state index contributed by atoms with van der Waals surface area (Å²) in [6.45, 7) is 0.0418. The van der Waals surface area contributed by atoms with E-state index in [1.54, 1.807) is 0 Å². The largest absolute Gasteiger partial charge is 0.458 e. The molecule has 81 heavy (non-hydrogen) atoms. The predicted octanol–water partition coefficient (Wildman–Crippen LogP) is 19.1. The first-order valence-electron chi connectivity index (χ1n) is 27.9. The van der Waals surface area contributed by atoms with Crippen molar-refractivity contribution in [1.82, 2.24) is 0 Å². The highest BCUT2D eigenvalue weighted by Gasteiger charge is 2.51. The maximum atomic E-state index is 7.13. The number of thioether (sulfide) groups is 1. The van der Waals surface area contributed by atoms with E-state index < -0.39 is 0 Å². The number of nitrogens with zero attached hydrogens (tertiary/aromatic N) is 4. The third-order valence-corrected chi connectivity index (χ3v) is 19.6. The number of thiophene rings is 1. The number of para-hydroxylation sites is 7. The Balaban J connectivity index is 0.955. The zero-order chi connectivity index (χ0) is 53.1. The molecule has 0 spiro atoms. The fourth-order valence-electron chi connectivity index (χ4n) is 13.8. The molecule has 5 nitrogen and oxygen atoms in total. The van der Waals surface area contributed by atoms with Crippen LogP contribution in [-0.4, -0.2) is 12.0 Å². The lowest BCUT2D eigenvalue weighted by atomic mass is 9.31. The number of ether oxygens (including phenoxy) is 1. The molecule has 5 aliphatic rings. The van der Waals surface area contributed by atoms with Gasteiger partial charge in [0.2, 0.25) is 6.71 Å². The number of rotatable bonds is 8. The first-order chi connectivity index (χ1) is 40.2. The molecule has 3 atom stereocenters. The minimum Gasteiger partial charge on any atom is -0.458 e. The van der Waals surface area contributed by atoms with Crippen molar-refractivity contribution in [2.24, 2.45) is 0 Å². The Hall–Kier alpha value is -9.47. The molecule has 0 amide bonds. The molecule has 0 N–H and O–H groups in total. The molecule has 0 saturated carbocycles. The number of hydrogen-bond acceptors (Lipinski definition) is 7. The summed E-state index contributed by atoms with van der Waals surface area (Å²) in [5, 5.41) is 2.62. The molecule has 17 rings (SSSR count). The third kappa shape index (κ3) is 7.27. The second kappa shape index (κ2) is 18.6. The van der Waals surface area contributed by atoms with Crippen molar-refractivity contribution in [3.05, 3.63) is 301 Å². The van der Waals surface area contributed by atoms with Crippen molar-refractivity contribution in [1.29, 1.82) is 0 Å². The molecule has 4 aliphatic heterocycles. The maximum Gasteiger partial charge on any atom is 0.228 e. The number of anilines is 11. The average molecular weight is 1070 g/mol. The highest BCUT2D eigenvalue weighted by atomic mass is 32.2. The standard InChI is InChI=1S/C73H49BN4OS2/c1-6-23-47(24-7-1)75(48-25-8-2-9-26-48)52-41-63-71-64(42-52)78(61-38-22-35-55-54-33-17-21-40-67(54)81-73(55)61)62-46-68-59(45-57(62)70(71)56-34-16-19-37-60(56)77(63)51-31-14-5-15-32-51)74-58-36-18-20-39-65(58)79-66-43-53(44-69(80-68)72(66)74)76(49-27-10-3-11-28-49)50-29-12-4-13-30-50/h1-46,59,68,70H. The summed E-state index contributed by atoms with van der Waals surface area (Å²) in [5.41, 5.74) is 20.0. The zero-order valence-corrected chi connectivity index (χ0v) is 45.5. The Labute approximate surface area is 479 Å². The van der Waals surface area contributed by atoms with Crippen LogP contribution < -0.4 is 35.3 Å². The van der Waals surface area contributed by atoms with Gasteiger partial charge in [-0.1, -0.05) is 164 Å². The minimum atomic E-state index is -0.0826. The van der Waals surface area contributed by atoms with Crippen LogP contribution in [0.5, 0.6) is 11.5 Å². The first kappa shape index (κ1) is 46.4. The normalized spacial score (nSPS) is 16.9. The molecule has 0 radical (unpaired) electrons. The van der Waals surface area contributed by atoms with Gasteiger partial charge in [-0.3, -0.25) is 0 Å². The van der Waals surface area contributed by atoms with E-state index in [-0.39, 0.29) is 23.7 Å². The Bertz CT molecular complexity index is 4450. The van der Waals surface area contributed by atoms with Gasteiger partial charge in [-0.25, -0.2) is 0 Å². The number of hydrogen-bond donors (Lipinski definition) is 0.